The number of fused-ring (bicyclic) bond motifs is 1. The van der Waals surface area contributed by atoms with Crippen molar-refractivity contribution in [2.75, 3.05) is 0 Å². The van der Waals surface area contributed by atoms with E-state index in [2.05, 4.69) is 32.1 Å². The van der Waals surface area contributed by atoms with Crippen molar-refractivity contribution in [1.29, 1.82) is 0 Å². The Labute approximate surface area is 206 Å². The van der Waals surface area contributed by atoms with Crippen LogP contribution in [0.5, 0.6) is 5.75 Å². The minimum atomic E-state index is -0.854. The van der Waals surface area contributed by atoms with Crippen LogP contribution in [0.25, 0.3) is 10.9 Å². The number of halogens is 1. The Balaban J connectivity index is 1.51. The minimum absolute atomic E-state index is 0.138. The predicted octanol–water partition coefficient (Wildman–Crippen LogP) is 5.03. The van der Waals surface area contributed by atoms with Gasteiger partial charge in [0.15, 0.2) is 0 Å². The molecule has 0 aliphatic carbocycles. The number of phenols is 1. The van der Waals surface area contributed by atoms with Crippen molar-refractivity contribution in [3.05, 3.63) is 125 Å². The van der Waals surface area contributed by atoms with Crippen LogP contribution in [0.15, 0.2) is 85.2 Å². The summed E-state index contributed by atoms with van der Waals surface area (Å²) < 4.78 is 14.2. The number of hydrogen-bond donors (Lipinski definition) is 3. The SMILES string of the molecule is Cc1cc(C#Cc2cccnc2)cc(C(=O)N[C@@H](c2cc3ccccc3[nH]2)c2cc(F)ccc2O)n1. The first-order chi connectivity index (χ1) is 17.5. The molecule has 0 fully saturated rings. The van der Waals surface area contributed by atoms with Gasteiger partial charge in [0.25, 0.3) is 5.91 Å². The fourth-order valence-electron chi connectivity index (χ4n) is 3.97. The highest BCUT2D eigenvalue weighted by atomic mass is 19.1. The van der Waals surface area contributed by atoms with E-state index in [0.717, 1.165) is 22.5 Å². The maximum absolute atomic E-state index is 14.2. The lowest BCUT2D eigenvalue weighted by atomic mass is 10.0. The Bertz CT molecular complexity index is 1600. The van der Waals surface area contributed by atoms with E-state index in [1.165, 1.54) is 12.1 Å². The Hall–Kier alpha value is -4.96. The molecule has 2 aromatic carbocycles. The van der Waals surface area contributed by atoms with Crippen LogP contribution in [0, 0.1) is 24.6 Å². The monoisotopic (exact) mass is 476 g/mol. The van der Waals surface area contributed by atoms with Gasteiger partial charge >= 0.3 is 0 Å². The molecule has 0 bridgehead atoms. The molecule has 0 aliphatic heterocycles. The molecule has 1 atom stereocenters. The zero-order chi connectivity index (χ0) is 25.1. The average Bonchev–Trinajstić information content (AvgIpc) is 3.32. The third kappa shape index (κ3) is 4.93. The number of hydrogen-bond acceptors (Lipinski definition) is 4. The second kappa shape index (κ2) is 9.72. The number of amides is 1. The molecule has 0 aliphatic rings. The van der Waals surface area contributed by atoms with Crippen LogP contribution < -0.4 is 5.32 Å². The van der Waals surface area contributed by atoms with Crippen molar-refractivity contribution in [3.63, 3.8) is 0 Å². The van der Waals surface area contributed by atoms with Crippen molar-refractivity contribution in [2.24, 2.45) is 0 Å². The highest BCUT2D eigenvalue weighted by Crippen LogP contribution is 2.31. The zero-order valence-corrected chi connectivity index (χ0v) is 19.3. The third-order valence-corrected chi connectivity index (χ3v) is 5.64. The van der Waals surface area contributed by atoms with Gasteiger partial charge in [0.05, 0.1) is 6.04 Å². The number of benzene rings is 2. The van der Waals surface area contributed by atoms with Gasteiger partial charge in [-0.1, -0.05) is 30.0 Å². The number of rotatable bonds is 4. The molecule has 5 aromatic rings. The van der Waals surface area contributed by atoms with Gasteiger partial charge in [-0.25, -0.2) is 9.37 Å². The van der Waals surface area contributed by atoms with Crippen LogP contribution >= 0.6 is 0 Å². The Morgan fingerprint density at radius 3 is 2.67 bits per heavy atom. The van der Waals surface area contributed by atoms with E-state index in [1.807, 2.05) is 36.4 Å². The van der Waals surface area contributed by atoms with E-state index >= 15 is 0 Å². The normalized spacial score (nSPS) is 11.5. The number of pyridine rings is 2. The summed E-state index contributed by atoms with van der Waals surface area (Å²) in [6, 6.07) is 19.3. The van der Waals surface area contributed by atoms with Gasteiger partial charge in [-0.15, -0.1) is 0 Å². The average molecular weight is 477 g/mol. The molecular weight excluding hydrogens is 455 g/mol. The predicted molar refractivity (Wildman–Crippen MR) is 135 cm³/mol. The van der Waals surface area contributed by atoms with Gasteiger partial charge in [-0.05, 0) is 66.9 Å². The van der Waals surface area contributed by atoms with E-state index in [9.17, 15) is 14.3 Å². The lowest BCUT2D eigenvalue weighted by molar-refractivity contribution is 0.0936. The van der Waals surface area contributed by atoms with Gasteiger partial charge in [0.1, 0.15) is 17.3 Å². The molecule has 176 valence electrons. The molecule has 0 unspecified atom stereocenters. The molecule has 0 spiro atoms. The molecule has 3 aromatic heterocycles. The Morgan fingerprint density at radius 2 is 1.86 bits per heavy atom. The van der Waals surface area contributed by atoms with Crippen LogP contribution in [0.4, 0.5) is 4.39 Å². The number of carbonyl (C=O) groups excluding carboxylic acids is 1. The Kier molecular flexibility index (Phi) is 6.16. The smallest absolute Gasteiger partial charge is 0.270 e. The van der Waals surface area contributed by atoms with Gasteiger partial charge in [0.2, 0.25) is 0 Å². The largest absolute Gasteiger partial charge is 0.508 e. The number of nitrogens with zero attached hydrogens (tertiary/aromatic N) is 2. The van der Waals surface area contributed by atoms with E-state index in [1.54, 1.807) is 37.5 Å². The van der Waals surface area contributed by atoms with Crippen molar-refractivity contribution >= 4 is 16.8 Å². The van der Waals surface area contributed by atoms with Gasteiger partial charge in [0, 0.05) is 46.0 Å². The summed E-state index contributed by atoms with van der Waals surface area (Å²) in [6.07, 6.45) is 3.33. The number of carbonyl (C=O) groups is 1. The Morgan fingerprint density at radius 1 is 1.03 bits per heavy atom. The fraction of sp³-hybridized carbons (Fsp3) is 0.0690. The third-order valence-electron chi connectivity index (χ3n) is 5.64. The van der Waals surface area contributed by atoms with Crippen molar-refractivity contribution in [2.45, 2.75) is 13.0 Å². The first-order valence-corrected chi connectivity index (χ1v) is 11.2. The number of nitrogens with one attached hydrogen (secondary N) is 2. The van der Waals surface area contributed by atoms with Crippen LogP contribution in [0.3, 0.4) is 0 Å². The zero-order valence-electron chi connectivity index (χ0n) is 19.3. The summed E-state index contributed by atoms with van der Waals surface area (Å²) in [6.45, 7) is 1.78. The molecule has 7 heteroatoms. The second-order valence-electron chi connectivity index (χ2n) is 8.30. The molecule has 1 amide bonds. The summed E-state index contributed by atoms with van der Waals surface area (Å²) in [5.74, 6) is 4.91. The second-order valence-corrected chi connectivity index (χ2v) is 8.30. The number of aromatic nitrogens is 3. The van der Waals surface area contributed by atoms with Crippen molar-refractivity contribution in [1.82, 2.24) is 20.3 Å². The number of aromatic hydroxyl groups is 1. The summed E-state index contributed by atoms with van der Waals surface area (Å²) in [4.78, 5) is 25.1. The van der Waals surface area contributed by atoms with Crippen molar-refractivity contribution in [3.8, 4) is 17.6 Å². The van der Waals surface area contributed by atoms with E-state index in [4.69, 9.17) is 0 Å². The molecule has 5 rings (SSSR count). The van der Waals surface area contributed by atoms with E-state index in [-0.39, 0.29) is 17.0 Å². The molecule has 0 saturated carbocycles. The molecule has 36 heavy (non-hydrogen) atoms. The maximum Gasteiger partial charge on any atom is 0.270 e. The van der Waals surface area contributed by atoms with Crippen LogP contribution in [0.1, 0.15) is 44.6 Å². The minimum Gasteiger partial charge on any atom is -0.508 e. The number of phenolic OH excluding ortho intramolecular Hbond substituents is 1. The lowest BCUT2D eigenvalue weighted by Gasteiger charge is -2.19. The van der Waals surface area contributed by atoms with Gasteiger partial charge in [-0.3, -0.25) is 9.78 Å². The van der Waals surface area contributed by atoms with Gasteiger partial charge < -0.3 is 15.4 Å². The quantitative estimate of drug-likeness (QED) is 0.317. The standard InChI is InChI=1S/C29H21FN4O2/c1-18-13-20(9-8-19-5-4-12-31-17-19)14-26(32-18)29(36)34-28(23-16-22(30)10-11-27(23)35)25-15-21-6-2-3-7-24(21)33-25/h2-7,10-17,28,33,35H,1H3,(H,34,36)/t28-/m1/s1. The van der Waals surface area contributed by atoms with Gasteiger partial charge in [-0.2, -0.15) is 0 Å². The number of para-hydroxylation sites is 1. The summed E-state index contributed by atoms with van der Waals surface area (Å²) >= 11 is 0. The first kappa shape index (κ1) is 22.8. The number of aromatic amines is 1. The molecule has 3 heterocycles. The maximum atomic E-state index is 14.2. The summed E-state index contributed by atoms with van der Waals surface area (Å²) in [7, 11) is 0. The number of aryl methyl sites for hydroxylation is 1. The van der Waals surface area contributed by atoms with E-state index < -0.39 is 17.8 Å². The molecule has 6 nitrogen and oxygen atoms in total. The van der Waals surface area contributed by atoms with E-state index in [0.29, 0.717) is 17.0 Å². The molecule has 0 saturated heterocycles. The first-order valence-electron chi connectivity index (χ1n) is 11.2. The number of H-pyrrole nitrogens is 1. The molecule has 3 N–H and O–H groups in total. The summed E-state index contributed by atoms with van der Waals surface area (Å²) in [5, 5.41) is 14.3. The van der Waals surface area contributed by atoms with Crippen LogP contribution in [-0.4, -0.2) is 26.0 Å². The van der Waals surface area contributed by atoms with Crippen LogP contribution in [0.2, 0.25) is 0 Å². The summed E-state index contributed by atoms with van der Waals surface area (Å²) in [5.41, 5.74) is 3.81. The highest BCUT2D eigenvalue weighted by Gasteiger charge is 2.24. The fourth-order valence-corrected chi connectivity index (χ4v) is 3.97. The van der Waals surface area contributed by atoms with Crippen molar-refractivity contribution < 1.29 is 14.3 Å². The van der Waals surface area contributed by atoms with Crippen LogP contribution in [-0.2, 0) is 0 Å². The lowest BCUT2D eigenvalue weighted by Crippen LogP contribution is -2.30. The highest BCUT2D eigenvalue weighted by molar-refractivity contribution is 5.93. The molecule has 0 radical (unpaired) electrons. The molecular formula is C29H21FN4O2. The topological polar surface area (TPSA) is 90.9 Å².